The van der Waals surface area contributed by atoms with Crippen LogP contribution in [0.25, 0.3) is 0 Å². The van der Waals surface area contributed by atoms with Gasteiger partial charge in [0, 0.05) is 12.1 Å². The van der Waals surface area contributed by atoms with Gasteiger partial charge in [-0.05, 0) is 45.3 Å². The molecule has 1 aromatic carbocycles. The van der Waals surface area contributed by atoms with Crippen LogP contribution in [0, 0.1) is 0 Å². The second kappa shape index (κ2) is 6.56. The second-order valence-electron chi connectivity index (χ2n) is 4.53. The fourth-order valence-electron chi connectivity index (χ4n) is 1.55. The van der Waals surface area contributed by atoms with Crippen LogP contribution in [0.4, 0.5) is 18.9 Å². The van der Waals surface area contributed by atoms with Crippen molar-refractivity contribution in [3.63, 3.8) is 0 Å². The van der Waals surface area contributed by atoms with Gasteiger partial charge in [-0.25, -0.2) is 0 Å². The average molecular weight is 274 g/mol. The maximum Gasteiger partial charge on any atom is 0.416 e. The number of nitrogens with zero attached hydrogens (tertiary/aromatic N) is 1. The zero-order valence-corrected chi connectivity index (χ0v) is 10.9. The molecule has 0 bridgehead atoms. The first-order valence-corrected chi connectivity index (χ1v) is 5.91. The van der Waals surface area contributed by atoms with Gasteiger partial charge in [-0.1, -0.05) is 6.07 Å². The molecular formula is C13H17F3N2O. The highest BCUT2D eigenvalue weighted by molar-refractivity contribution is 5.90. The Morgan fingerprint density at radius 3 is 2.58 bits per heavy atom. The van der Waals surface area contributed by atoms with Gasteiger partial charge in [0.25, 0.3) is 0 Å². The monoisotopic (exact) mass is 274 g/mol. The van der Waals surface area contributed by atoms with Gasteiger partial charge in [0.2, 0.25) is 5.91 Å². The number of hydrogen-bond acceptors (Lipinski definition) is 2. The number of rotatable bonds is 5. The van der Waals surface area contributed by atoms with Crippen molar-refractivity contribution in [3.8, 4) is 0 Å². The Kier molecular flexibility index (Phi) is 5.35. The Balaban J connectivity index is 2.55. The summed E-state index contributed by atoms with van der Waals surface area (Å²) >= 11 is 0. The first-order chi connectivity index (χ1) is 8.79. The molecule has 0 aliphatic rings. The number of benzene rings is 1. The molecule has 1 N–H and O–H groups in total. The number of hydrogen-bond donors (Lipinski definition) is 1. The summed E-state index contributed by atoms with van der Waals surface area (Å²) in [5.41, 5.74) is -0.594. The van der Waals surface area contributed by atoms with Gasteiger partial charge in [-0.2, -0.15) is 13.2 Å². The molecule has 0 saturated carbocycles. The molecule has 19 heavy (non-hydrogen) atoms. The molecule has 1 amide bonds. The molecule has 1 aromatic rings. The summed E-state index contributed by atoms with van der Waals surface area (Å²) in [6.45, 7) is 0.760. The Labute approximate surface area is 110 Å². The van der Waals surface area contributed by atoms with E-state index in [1.165, 1.54) is 12.1 Å². The fraction of sp³-hybridized carbons (Fsp3) is 0.462. The van der Waals surface area contributed by atoms with Gasteiger partial charge in [0.15, 0.2) is 0 Å². The van der Waals surface area contributed by atoms with Crippen LogP contribution < -0.4 is 5.32 Å². The minimum atomic E-state index is -4.40. The van der Waals surface area contributed by atoms with Crippen LogP contribution in [-0.4, -0.2) is 31.4 Å². The third-order valence-corrected chi connectivity index (χ3v) is 2.48. The lowest BCUT2D eigenvalue weighted by atomic mass is 10.2. The van der Waals surface area contributed by atoms with Crippen LogP contribution in [0.5, 0.6) is 0 Å². The molecule has 0 fully saturated rings. The quantitative estimate of drug-likeness (QED) is 0.895. The highest BCUT2D eigenvalue weighted by Crippen LogP contribution is 2.30. The normalized spacial score (nSPS) is 11.7. The lowest BCUT2D eigenvalue weighted by molar-refractivity contribution is -0.137. The van der Waals surface area contributed by atoms with Crippen molar-refractivity contribution >= 4 is 11.6 Å². The van der Waals surface area contributed by atoms with Crippen LogP contribution in [0.2, 0.25) is 0 Å². The SMILES string of the molecule is CN(C)CCCC(=O)Nc1cccc(C(F)(F)F)c1. The molecule has 0 heterocycles. The largest absolute Gasteiger partial charge is 0.416 e. The first-order valence-electron chi connectivity index (χ1n) is 5.91. The van der Waals surface area contributed by atoms with Crippen molar-refractivity contribution in [1.82, 2.24) is 4.90 Å². The smallest absolute Gasteiger partial charge is 0.326 e. The molecule has 0 atom stereocenters. The number of amides is 1. The predicted octanol–water partition coefficient (Wildman–Crippen LogP) is 2.99. The molecule has 0 unspecified atom stereocenters. The molecule has 0 radical (unpaired) electrons. The topological polar surface area (TPSA) is 32.3 Å². The van der Waals surface area contributed by atoms with Gasteiger partial charge in [-0.3, -0.25) is 4.79 Å². The predicted molar refractivity (Wildman–Crippen MR) is 67.9 cm³/mol. The standard InChI is InChI=1S/C13H17F3N2O/c1-18(2)8-4-7-12(19)17-11-6-3-5-10(9-11)13(14,15)16/h3,5-6,9H,4,7-8H2,1-2H3,(H,17,19). The van der Waals surface area contributed by atoms with Crippen molar-refractivity contribution < 1.29 is 18.0 Å². The molecule has 0 aliphatic carbocycles. The van der Waals surface area contributed by atoms with E-state index in [0.717, 1.165) is 18.7 Å². The summed E-state index contributed by atoms with van der Waals surface area (Å²) in [7, 11) is 3.79. The minimum absolute atomic E-state index is 0.171. The van der Waals surface area contributed by atoms with Gasteiger partial charge in [0.05, 0.1) is 5.56 Å². The van der Waals surface area contributed by atoms with Gasteiger partial charge < -0.3 is 10.2 Å². The van der Waals surface area contributed by atoms with Crippen LogP contribution >= 0.6 is 0 Å². The Morgan fingerprint density at radius 1 is 1.32 bits per heavy atom. The van der Waals surface area contributed by atoms with E-state index in [0.29, 0.717) is 6.42 Å². The first kappa shape index (κ1) is 15.5. The fourth-order valence-corrected chi connectivity index (χ4v) is 1.55. The lowest BCUT2D eigenvalue weighted by Crippen LogP contribution is -2.17. The van der Waals surface area contributed by atoms with E-state index in [-0.39, 0.29) is 18.0 Å². The zero-order chi connectivity index (χ0) is 14.5. The van der Waals surface area contributed by atoms with Crippen LogP contribution in [0.3, 0.4) is 0 Å². The van der Waals surface area contributed by atoms with E-state index < -0.39 is 11.7 Å². The summed E-state index contributed by atoms with van der Waals surface area (Å²) in [6.07, 6.45) is -3.45. The minimum Gasteiger partial charge on any atom is -0.326 e. The van der Waals surface area contributed by atoms with Crippen molar-refractivity contribution in [2.75, 3.05) is 26.0 Å². The van der Waals surface area contributed by atoms with E-state index >= 15 is 0 Å². The van der Waals surface area contributed by atoms with Crippen molar-refractivity contribution in [2.45, 2.75) is 19.0 Å². The highest BCUT2D eigenvalue weighted by Gasteiger charge is 2.30. The van der Waals surface area contributed by atoms with E-state index in [1.807, 2.05) is 19.0 Å². The van der Waals surface area contributed by atoms with Crippen molar-refractivity contribution in [1.29, 1.82) is 0 Å². The molecule has 0 saturated heterocycles. The third kappa shape index (κ3) is 5.74. The molecule has 106 valence electrons. The zero-order valence-electron chi connectivity index (χ0n) is 10.9. The van der Waals surface area contributed by atoms with Crippen LogP contribution in [0.1, 0.15) is 18.4 Å². The van der Waals surface area contributed by atoms with E-state index in [1.54, 1.807) is 0 Å². The number of nitrogens with one attached hydrogen (secondary N) is 1. The molecule has 0 aromatic heterocycles. The Morgan fingerprint density at radius 2 is 2.00 bits per heavy atom. The summed E-state index contributed by atoms with van der Waals surface area (Å²) in [4.78, 5) is 13.5. The lowest BCUT2D eigenvalue weighted by Gasteiger charge is -2.11. The third-order valence-electron chi connectivity index (χ3n) is 2.48. The summed E-state index contributed by atoms with van der Waals surface area (Å²) < 4.78 is 37.4. The maximum atomic E-state index is 12.5. The highest BCUT2D eigenvalue weighted by atomic mass is 19.4. The van der Waals surface area contributed by atoms with Crippen molar-refractivity contribution in [3.05, 3.63) is 29.8 Å². The molecule has 0 aliphatic heterocycles. The number of carbonyl (C=O) groups excluding carboxylic acids is 1. The number of alkyl halides is 3. The Hall–Kier alpha value is -1.56. The summed E-state index contributed by atoms with van der Waals surface area (Å²) in [6, 6.07) is 4.63. The summed E-state index contributed by atoms with van der Waals surface area (Å²) in [5, 5.41) is 2.47. The second-order valence-corrected chi connectivity index (χ2v) is 4.53. The van der Waals surface area contributed by atoms with Crippen molar-refractivity contribution in [2.24, 2.45) is 0 Å². The average Bonchev–Trinajstić information content (AvgIpc) is 2.27. The Bertz CT molecular complexity index is 430. The van der Waals surface area contributed by atoms with E-state index in [2.05, 4.69) is 5.32 Å². The van der Waals surface area contributed by atoms with Gasteiger partial charge in [-0.15, -0.1) is 0 Å². The van der Waals surface area contributed by atoms with Gasteiger partial charge >= 0.3 is 6.18 Å². The molecule has 0 spiro atoms. The molecular weight excluding hydrogens is 257 g/mol. The number of halogens is 3. The van der Waals surface area contributed by atoms with Gasteiger partial charge in [0.1, 0.15) is 0 Å². The number of anilines is 1. The maximum absolute atomic E-state index is 12.5. The molecule has 1 rings (SSSR count). The molecule has 3 nitrogen and oxygen atoms in total. The van der Waals surface area contributed by atoms with E-state index in [4.69, 9.17) is 0 Å². The van der Waals surface area contributed by atoms with E-state index in [9.17, 15) is 18.0 Å². The molecule has 6 heteroatoms. The van der Waals surface area contributed by atoms with Crippen LogP contribution in [-0.2, 0) is 11.0 Å². The van der Waals surface area contributed by atoms with Crippen LogP contribution in [0.15, 0.2) is 24.3 Å². The number of carbonyl (C=O) groups is 1. The summed E-state index contributed by atoms with van der Waals surface area (Å²) in [5.74, 6) is -0.277.